The fourth-order valence-electron chi connectivity index (χ4n) is 2.22. The highest BCUT2D eigenvalue weighted by atomic mass is 32.1. The van der Waals surface area contributed by atoms with Crippen LogP contribution in [0.15, 0.2) is 23.6 Å². The Hall–Kier alpha value is -2.48. The molecule has 2 aromatic rings. The van der Waals surface area contributed by atoms with Crippen molar-refractivity contribution < 1.29 is 19.2 Å². The number of carbonyl (C=O) groups excluding carboxylic acids is 1. The third kappa shape index (κ3) is 3.38. The Morgan fingerprint density at radius 2 is 2.12 bits per heavy atom. The molecule has 128 valence electrons. The lowest BCUT2D eigenvalue weighted by molar-refractivity contribution is -0.385. The van der Waals surface area contributed by atoms with Crippen LogP contribution in [0.25, 0.3) is 0 Å². The minimum Gasteiger partial charge on any atom is -0.490 e. The van der Waals surface area contributed by atoms with Gasteiger partial charge in [-0.15, -0.1) is 11.3 Å². The first-order valence-corrected chi connectivity index (χ1v) is 8.15. The lowest BCUT2D eigenvalue weighted by atomic mass is 9.82. The highest BCUT2D eigenvalue weighted by Crippen LogP contribution is 2.37. The van der Waals surface area contributed by atoms with E-state index in [2.05, 4.69) is 4.98 Å². The van der Waals surface area contributed by atoms with Gasteiger partial charge in [0.1, 0.15) is 0 Å². The van der Waals surface area contributed by atoms with Crippen LogP contribution in [0.4, 0.5) is 5.69 Å². The number of benzene rings is 1. The van der Waals surface area contributed by atoms with Crippen LogP contribution in [-0.4, -0.2) is 29.6 Å². The zero-order valence-corrected chi connectivity index (χ0v) is 14.7. The van der Waals surface area contributed by atoms with Crippen molar-refractivity contribution in [2.45, 2.75) is 26.2 Å². The molecule has 8 heteroatoms. The molecule has 1 aromatic heterocycles. The van der Waals surface area contributed by atoms with Crippen LogP contribution < -0.4 is 4.74 Å². The highest BCUT2D eigenvalue weighted by Gasteiger charge is 2.30. The number of esters is 1. The molecule has 0 amide bonds. The molecular formula is C16H18N2O5S. The fraction of sp³-hybridized carbons (Fsp3) is 0.375. The minimum atomic E-state index is -0.613. The quantitative estimate of drug-likeness (QED) is 0.449. The van der Waals surface area contributed by atoms with E-state index in [0.29, 0.717) is 11.3 Å². The molecule has 0 saturated heterocycles. The van der Waals surface area contributed by atoms with Crippen LogP contribution in [0.3, 0.4) is 0 Å². The third-order valence-corrected chi connectivity index (χ3v) is 4.51. The Bertz CT molecular complexity index is 770. The summed E-state index contributed by atoms with van der Waals surface area (Å²) in [5.74, 6) is -0.268. The second-order valence-electron chi connectivity index (χ2n) is 5.53. The van der Waals surface area contributed by atoms with Gasteiger partial charge in [0.25, 0.3) is 0 Å². The predicted molar refractivity (Wildman–Crippen MR) is 89.8 cm³/mol. The molecule has 0 saturated carbocycles. The Balaban J connectivity index is 2.42. The van der Waals surface area contributed by atoms with Crippen LogP contribution in [0.5, 0.6) is 5.75 Å². The molecule has 0 N–H and O–H groups in total. The zero-order chi connectivity index (χ0) is 17.9. The zero-order valence-electron chi connectivity index (χ0n) is 13.9. The van der Waals surface area contributed by atoms with E-state index in [4.69, 9.17) is 9.47 Å². The molecule has 1 heterocycles. The Morgan fingerprint density at radius 3 is 2.71 bits per heavy atom. The number of nitro benzene ring substituents is 1. The topological polar surface area (TPSA) is 91.6 Å². The van der Waals surface area contributed by atoms with Gasteiger partial charge in [0.2, 0.25) is 5.01 Å². The molecule has 2 rings (SSSR count). The number of carbonyl (C=O) groups is 1. The molecular weight excluding hydrogens is 332 g/mol. The van der Waals surface area contributed by atoms with E-state index >= 15 is 0 Å². The van der Waals surface area contributed by atoms with E-state index in [9.17, 15) is 14.9 Å². The fourth-order valence-corrected chi connectivity index (χ4v) is 3.09. The van der Waals surface area contributed by atoms with E-state index in [1.165, 1.54) is 24.5 Å². The summed E-state index contributed by atoms with van der Waals surface area (Å²) in [6.45, 7) is 5.79. The van der Waals surface area contributed by atoms with Crippen LogP contribution in [0.1, 0.15) is 41.8 Å². The van der Waals surface area contributed by atoms with Crippen molar-refractivity contribution in [2.75, 3.05) is 13.7 Å². The molecule has 0 atom stereocenters. The Morgan fingerprint density at radius 1 is 1.42 bits per heavy atom. The number of thiazole rings is 1. The molecule has 0 aliphatic carbocycles. The van der Waals surface area contributed by atoms with Gasteiger partial charge >= 0.3 is 11.7 Å². The number of methoxy groups -OCH3 is 1. The smallest absolute Gasteiger partial charge is 0.367 e. The third-order valence-electron chi connectivity index (χ3n) is 3.69. The summed E-state index contributed by atoms with van der Waals surface area (Å²) in [5.41, 5.74) is 0.632. The van der Waals surface area contributed by atoms with E-state index in [0.717, 1.165) is 0 Å². The second kappa shape index (κ2) is 6.96. The van der Waals surface area contributed by atoms with Crippen LogP contribution >= 0.6 is 11.3 Å². The van der Waals surface area contributed by atoms with Crippen molar-refractivity contribution in [3.05, 3.63) is 50.0 Å². The highest BCUT2D eigenvalue weighted by molar-refractivity contribution is 7.11. The summed E-state index contributed by atoms with van der Waals surface area (Å²) in [6, 6.07) is 4.80. The molecule has 24 heavy (non-hydrogen) atoms. The van der Waals surface area contributed by atoms with E-state index in [1.807, 2.05) is 13.8 Å². The number of hydrogen-bond donors (Lipinski definition) is 0. The second-order valence-corrected chi connectivity index (χ2v) is 6.39. The van der Waals surface area contributed by atoms with Crippen molar-refractivity contribution in [3.63, 3.8) is 0 Å². The number of hydrogen-bond acceptors (Lipinski definition) is 7. The summed E-state index contributed by atoms with van der Waals surface area (Å²) in [5, 5.41) is 13.2. The molecule has 1 aromatic carbocycles. The maximum atomic E-state index is 11.8. The van der Waals surface area contributed by atoms with Gasteiger partial charge in [-0.2, -0.15) is 0 Å². The predicted octanol–water partition coefficient (Wildman–Crippen LogP) is 3.56. The van der Waals surface area contributed by atoms with Crippen molar-refractivity contribution >= 4 is 23.0 Å². The minimum absolute atomic E-state index is 0.107. The lowest BCUT2D eigenvalue weighted by Crippen LogP contribution is -2.20. The SMILES string of the molecule is CCOC(=O)c1nc(C(C)(C)c2ccc(OC)c([N+](=O)[O-])c2)cs1. The summed E-state index contributed by atoms with van der Waals surface area (Å²) < 4.78 is 9.97. The number of aromatic nitrogens is 1. The number of ether oxygens (including phenoxy) is 2. The summed E-state index contributed by atoms with van der Waals surface area (Å²) in [4.78, 5) is 26.8. The van der Waals surface area contributed by atoms with Gasteiger partial charge in [-0.05, 0) is 18.6 Å². The molecule has 0 aliphatic heterocycles. The van der Waals surface area contributed by atoms with E-state index < -0.39 is 16.3 Å². The average Bonchev–Trinajstić information content (AvgIpc) is 3.05. The molecule has 0 spiro atoms. The summed E-state index contributed by atoms with van der Waals surface area (Å²) in [6.07, 6.45) is 0. The van der Waals surface area contributed by atoms with Crippen molar-refractivity contribution in [2.24, 2.45) is 0 Å². The lowest BCUT2D eigenvalue weighted by Gasteiger charge is -2.23. The van der Waals surface area contributed by atoms with Gasteiger partial charge < -0.3 is 9.47 Å². The van der Waals surface area contributed by atoms with Crippen molar-refractivity contribution in [1.29, 1.82) is 0 Å². The van der Waals surface area contributed by atoms with Crippen molar-refractivity contribution in [3.8, 4) is 5.75 Å². The van der Waals surface area contributed by atoms with Gasteiger partial charge in [-0.1, -0.05) is 19.9 Å². The van der Waals surface area contributed by atoms with Crippen LogP contribution in [0.2, 0.25) is 0 Å². The molecule has 0 bridgehead atoms. The largest absolute Gasteiger partial charge is 0.490 e. The average molecular weight is 350 g/mol. The van der Waals surface area contributed by atoms with Gasteiger partial charge in [0.05, 0.1) is 24.3 Å². The van der Waals surface area contributed by atoms with Gasteiger partial charge in [0, 0.05) is 16.9 Å². The molecule has 0 fully saturated rings. The van der Waals surface area contributed by atoms with Gasteiger partial charge in [-0.25, -0.2) is 9.78 Å². The first-order valence-electron chi connectivity index (χ1n) is 7.27. The molecule has 0 radical (unpaired) electrons. The standard InChI is InChI=1S/C16H18N2O5S/c1-5-23-15(19)14-17-13(9-24-14)16(2,3)10-6-7-12(22-4)11(8-10)18(20)21/h6-9H,5H2,1-4H3. The van der Waals surface area contributed by atoms with Crippen LogP contribution in [-0.2, 0) is 10.2 Å². The van der Waals surface area contributed by atoms with Crippen LogP contribution in [0, 0.1) is 10.1 Å². The van der Waals surface area contributed by atoms with E-state index in [1.54, 1.807) is 24.4 Å². The summed E-state index contributed by atoms with van der Waals surface area (Å²) >= 11 is 1.19. The van der Waals surface area contributed by atoms with E-state index in [-0.39, 0.29) is 23.1 Å². The number of rotatable bonds is 6. The van der Waals surface area contributed by atoms with Crippen molar-refractivity contribution in [1.82, 2.24) is 4.98 Å². The Labute approximate surface area is 143 Å². The summed E-state index contributed by atoms with van der Waals surface area (Å²) in [7, 11) is 1.39. The Kier molecular flexibility index (Phi) is 5.18. The maximum Gasteiger partial charge on any atom is 0.367 e. The maximum absolute atomic E-state index is 11.8. The molecule has 0 unspecified atom stereocenters. The van der Waals surface area contributed by atoms with Gasteiger partial charge in [0.15, 0.2) is 5.75 Å². The first kappa shape index (κ1) is 17.9. The monoisotopic (exact) mass is 350 g/mol. The molecule has 0 aliphatic rings. The normalized spacial score (nSPS) is 11.2. The number of nitrogens with zero attached hydrogens (tertiary/aromatic N) is 2. The van der Waals surface area contributed by atoms with Gasteiger partial charge in [-0.3, -0.25) is 10.1 Å². The number of nitro groups is 1. The first-order chi connectivity index (χ1) is 11.3. The molecule has 7 nitrogen and oxygen atoms in total.